The number of rotatable bonds is 3. The van der Waals surface area contributed by atoms with E-state index in [0.29, 0.717) is 4.75 Å². The number of amides is 1. The summed E-state index contributed by atoms with van der Waals surface area (Å²) in [6.45, 7) is 9.44. The van der Waals surface area contributed by atoms with Crippen molar-refractivity contribution in [3.05, 3.63) is 0 Å². The molecule has 94 valence electrons. The van der Waals surface area contributed by atoms with Crippen LogP contribution in [0.2, 0.25) is 0 Å². The number of hydrazine groups is 1. The Balaban J connectivity index is 2.41. The van der Waals surface area contributed by atoms with Crippen LogP contribution in [-0.4, -0.2) is 40.9 Å². The SMILES string of the molecule is CC(CN1CCSC(C)(C)CC1)C(=O)NN. The summed E-state index contributed by atoms with van der Waals surface area (Å²) >= 11 is 2.02. The minimum atomic E-state index is -0.0730. The molecule has 5 heteroatoms. The van der Waals surface area contributed by atoms with Crippen LogP contribution < -0.4 is 11.3 Å². The van der Waals surface area contributed by atoms with Gasteiger partial charge in [0, 0.05) is 29.5 Å². The Morgan fingerprint density at radius 2 is 2.25 bits per heavy atom. The van der Waals surface area contributed by atoms with Gasteiger partial charge in [0.1, 0.15) is 0 Å². The largest absolute Gasteiger partial charge is 0.302 e. The molecule has 0 aromatic rings. The summed E-state index contributed by atoms with van der Waals surface area (Å²) < 4.78 is 0.369. The lowest BCUT2D eigenvalue weighted by molar-refractivity contribution is -0.125. The molecule has 0 radical (unpaired) electrons. The van der Waals surface area contributed by atoms with Crippen LogP contribution in [0.3, 0.4) is 0 Å². The monoisotopic (exact) mass is 245 g/mol. The highest BCUT2D eigenvalue weighted by molar-refractivity contribution is 8.00. The first kappa shape index (κ1) is 13.8. The summed E-state index contributed by atoms with van der Waals surface area (Å²) in [5, 5.41) is 0. The second-order valence-electron chi connectivity index (χ2n) is 5.07. The predicted octanol–water partition coefficient (Wildman–Crippen LogP) is 0.830. The average molecular weight is 245 g/mol. The fourth-order valence-corrected chi connectivity index (χ4v) is 3.00. The van der Waals surface area contributed by atoms with Gasteiger partial charge in [-0.05, 0) is 13.0 Å². The van der Waals surface area contributed by atoms with Crippen LogP contribution in [0.15, 0.2) is 0 Å². The van der Waals surface area contributed by atoms with Gasteiger partial charge >= 0.3 is 0 Å². The molecule has 1 aliphatic heterocycles. The van der Waals surface area contributed by atoms with Crippen molar-refractivity contribution in [2.75, 3.05) is 25.4 Å². The Labute approximate surface area is 102 Å². The van der Waals surface area contributed by atoms with E-state index in [1.807, 2.05) is 18.7 Å². The normalized spacial score (nSPS) is 23.5. The molecule has 1 rings (SSSR count). The van der Waals surface area contributed by atoms with E-state index in [1.54, 1.807) is 0 Å². The van der Waals surface area contributed by atoms with Crippen LogP contribution in [0, 0.1) is 5.92 Å². The molecule has 16 heavy (non-hydrogen) atoms. The number of hydrogen-bond donors (Lipinski definition) is 2. The Bertz CT molecular complexity index is 245. The van der Waals surface area contributed by atoms with Gasteiger partial charge in [-0.15, -0.1) is 0 Å². The van der Waals surface area contributed by atoms with Gasteiger partial charge in [-0.25, -0.2) is 5.84 Å². The van der Waals surface area contributed by atoms with Crippen LogP contribution in [-0.2, 0) is 4.79 Å². The molecular formula is C11H23N3OS. The highest BCUT2D eigenvalue weighted by atomic mass is 32.2. The molecule has 1 amide bonds. The lowest BCUT2D eigenvalue weighted by Gasteiger charge is -2.24. The lowest BCUT2D eigenvalue weighted by atomic mass is 10.1. The van der Waals surface area contributed by atoms with E-state index in [9.17, 15) is 4.79 Å². The molecule has 4 nitrogen and oxygen atoms in total. The minimum absolute atomic E-state index is 0.0313. The van der Waals surface area contributed by atoms with Crippen LogP contribution in [0.5, 0.6) is 0 Å². The number of carbonyl (C=O) groups excluding carboxylic acids is 1. The first-order chi connectivity index (χ1) is 7.44. The van der Waals surface area contributed by atoms with E-state index >= 15 is 0 Å². The molecule has 0 aliphatic carbocycles. The van der Waals surface area contributed by atoms with Crippen LogP contribution in [0.25, 0.3) is 0 Å². The fourth-order valence-electron chi connectivity index (χ4n) is 1.86. The van der Waals surface area contributed by atoms with Gasteiger partial charge < -0.3 is 4.90 Å². The van der Waals surface area contributed by atoms with Crippen molar-refractivity contribution in [1.82, 2.24) is 10.3 Å². The van der Waals surface area contributed by atoms with E-state index in [-0.39, 0.29) is 11.8 Å². The van der Waals surface area contributed by atoms with Crippen molar-refractivity contribution < 1.29 is 4.79 Å². The molecule has 3 N–H and O–H groups in total. The molecule has 0 saturated carbocycles. The van der Waals surface area contributed by atoms with Crippen molar-refractivity contribution in [3.8, 4) is 0 Å². The molecule has 0 aromatic heterocycles. The fraction of sp³-hybridized carbons (Fsp3) is 0.909. The summed E-state index contributed by atoms with van der Waals surface area (Å²) in [5.41, 5.74) is 2.22. The maximum atomic E-state index is 11.3. The van der Waals surface area contributed by atoms with E-state index in [2.05, 4.69) is 24.2 Å². The third-order valence-electron chi connectivity index (χ3n) is 3.05. The standard InChI is InChI=1S/C11H23N3OS/c1-9(10(15)13-12)8-14-5-4-11(2,3)16-7-6-14/h9H,4-8,12H2,1-3H3,(H,13,15). The van der Waals surface area contributed by atoms with Crippen molar-refractivity contribution >= 4 is 17.7 Å². The van der Waals surface area contributed by atoms with Crippen LogP contribution >= 0.6 is 11.8 Å². The molecule has 1 saturated heterocycles. The first-order valence-electron chi connectivity index (χ1n) is 5.81. The molecule has 1 heterocycles. The zero-order chi connectivity index (χ0) is 12.2. The van der Waals surface area contributed by atoms with E-state index in [4.69, 9.17) is 5.84 Å². The molecular weight excluding hydrogens is 222 g/mol. The third-order valence-corrected chi connectivity index (χ3v) is 4.42. The molecule has 1 unspecified atom stereocenters. The Kier molecular flexibility index (Phi) is 5.08. The van der Waals surface area contributed by atoms with Gasteiger partial charge in [0.05, 0.1) is 0 Å². The first-order valence-corrected chi connectivity index (χ1v) is 6.80. The Hall–Kier alpha value is -0.260. The summed E-state index contributed by atoms with van der Waals surface area (Å²) in [5.74, 6) is 6.17. The van der Waals surface area contributed by atoms with Crippen molar-refractivity contribution in [1.29, 1.82) is 0 Å². The smallest absolute Gasteiger partial charge is 0.237 e. The lowest BCUT2D eigenvalue weighted by Crippen LogP contribution is -2.41. The van der Waals surface area contributed by atoms with Crippen molar-refractivity contribution in [3.63, 3.8) is 0 Å². The zero-order valence-corrected chi connectivity index (χ0v) is 11.3. The molecule has 0 bridgehead atoms. The molecule has 1 atom stereocenters. The topological polar surface area (TPSA) is 58.4 Å². The quantitative estimate of drug-likeness (QED) is 0.439. The van der Waals surface area contributed by atoms with E-state index in [1.165, 1.54) is 6.42 Å². The Morgan fingerprint density at radius 3 is 2.88 bits per heavy atom. The third kappa shape index (κ3) is 4.31. The van der Waals surface area contributed by atoms with Crippen molar-refractivity contribution in [2.45, 2.75) is 31.9 Å². The summed E-state index contributed by atoms with van der Waals surface area (Å²) in [7, 11) is 0. The maximum Gasteiger partial charge on any atom is 0.237 e. The Morgan fingerprint density at radius 1 is 1.56 bits per heavy atom. The van der Waals surface area contributed by atoms with Gasteiger partial charge in [-0.2, -0.15) is 11.8 Å². The second kappa shape index (κ2) is 5.89. The maximum absolute atomic E-state index is 11.3. The molecule has 1 aliphatic rings. The van der Waals surface area contributed by atoms with Crippen molar-refractivity contribution in [2.24, 2.45) is 11.8 Å². The van der Waals surface area contributed by atoms with Crippen LogP contribution in [0.1, 0.15) is 27.2 Å². The zero-order valence-electron chi connectivity index (χ0n) is 10.5. The van der Waals surface area contributed by atoms with Gasteiger partial charge in [0.25, 0.3) is 0 Å². The molecule has 0 aromatic carbocycles. The van der Waals surface area contributed by atoms with Gasteiger partial charge in [-0.3, -0.25) is 10.2 Å². The summed E-state index contributed by atoms with van der Waals surface area (Å²) in [6, 6.07) is 0. The number of hydrogen-bond acceptors (Lipinski definition) is 4. The average Bonchev–Trinajstić information content (AvgIpc) is 2.39. The highest BCUT2D eigenvalue weighted by Gasteiger charge is 2.25. The van der Waals surface area contributed by atoms with E-state index < -0.39 is 0 Å². The van der Waals surface area contributed by atoms with E-state index in [0.717, 1.165) is 25.4 Å². The van der Waals surface area contributed by atoms with Gasteiger partial charge in [-0.1, -0.05) is 20.8 Å². The number of nitrogens with two attached hydrogens (primary N) is 1. The molecule has 1 fully saturated rings. The molecule has 0 spiro atoms. The number of nitrogens with zero attached hydrogens (tertiary/aromatic N) is 1. The highest BCUT2D eigenvalue weighted by Crippen LogP contribution is 2.30. The number of carbonyl (C=O) groups is 1. The number of thioether (sulfide) groups is 1. The van der Waals surface area contributed by atoms with Crippen LogP contribution in [0.4, 0.5) is 0 Å². The predicted molar refractivity (Wildman–Crippen MR) is 69.1 cm³/mol. The minimum Gasteiger partial charge on any atom is -0.302 e. The van der Waals surface area contributed by atoms with Gasteiger partial charge in [0.15, 0.2) is 0 Å². The summed E-state index contributed by atoms with van der Waals surface area (Å²) in [6.07, 6.45) is 1.18. The summed E-state index contributed by atoms with van der Waals surface area (Å²) in [4.78, 5) is 13.7. The second-order valence-corrected chi connectivity index (χ2v) is 6.87. The van der Waals surface area contributed by atoms with Gasteiger partial charge in [0.2, 0.25) is 5.91 Å². The number of nitrogens with one attached hydrogen (secondary N) is 1.